The number of nitrogens with zero attached hydrogens (tertiary/aromatic N) is 2. The van der Waals surface area contributed by atoms with Gasteiger partial charge >= 0.3 is 0 Å². The number of hydrogen-bond acceptors (Lipinski definition) is 6. The van der Waals surface area contributed by atoms with E-state index in [1.165, 1.54) is 25.4 Å². The maximum Gasteiger partial charge on any atom is 0.274 e. The van der Waals surface area contributed by atoms with Crippen molar-refractivity contribution in [2.24, 2.45) is 0 Å². The molecule has 8 heteroatoms. The lowest BCUT2D eigenvalue weighted by atomic mass is 10.2. The lowest BCUT2D eigenvalue weighted by molar-refractivity contribution is 0.102. The van der Waals surface area contributed by atoms with E-state index >= 15 is 0 Å². The molecule has 0 aliphatic carbocycles. The summed E-state index contributed by atoms with van der Waals surface area (Å²) in [5, 5.41) is 9.06. The predicted octanol–water partition coefficient (Wildman–Crippen LogP) is 3.20. The third-order valence-electron chi connectivity index (χ3n) is 3.73. The first-order chi connectivity index (χ1) is 13.0. The number of anilines is 2. The van der Waals surface area contributed by atoms with Crippen molar-refractivity contribution in [1.29, 1.82) is 0 Å². The predicted molar refractivity (Wildman–Crippen MR) is 99.1 cm³/mol. The number of nitrogens with one attached hydrogen (secondary N) is 2. The summed E-state index contributed by atoms with van der Waals surface area (Å²) in [6.45, 7) is 3.63. The summed E-state index contributed by atoms with van der Waals surface area (Å²) in [6.07, 6.45) is 1.39. The summed E-state index contributed by atoms with van der Waals surface area (Å²) in [5.74, 6) is 0.528. The van der Waals surface area contributed by atoms with Crippen LogP contribution in [-0.4, -0.2) is 29.1 Å². The lowest BCUT2D eigenvalue weighted by Crippen LogP contribution is -2.17. The molecule has 0 saturated heterocycles. The average molecular weight is 366 g/mol. The molecule has 0 radical (unpaired) electrons. The minimum absolute atomic E-state index is 0.0996. The van der Waals surface area contributed by atoms with Crippen LogP contribution in [0.4, 0.5) is 11.5 Å². The number of hydrogen-bond donors (Lipinski definition) is 2. The SMILES string of the molecule is COc1ccc(C)cc1NC(=O)c1cc(C(=O)Nc2cc(C)on2)ccn1. The second-order valence-corrected chi connectivity index (χ2v) is 5.86. The number of carbonyl (C=O) groups excluding carboxylic acids is 2. The van der Waals surface area contributed by atoms with E-state index < -0.39 is 11.8 Å². The second-order valence-electron chi connectivity index (χ2n) is 5.86. The number of benzene rings is 1. The minimum atomic E-state index is -0.453. The molecule has 3 rings (SSSR count). The van der Waals surface area contributed by atoms with Gasteiger partial charge in [0.15, 0.2) is 5.82 Å². The summed E-state index contributed by atoms with van der Waals surface area (Å²) < 4.78 is 10.2. The fourth-order valence-electron chi connectivity index (χ4n) is 2.42. The van der Waals surface area contributed by atoms with E-state index in [0.717, 1.165) is 5.56 Å². The Kier molecular flexibility index (Phi) is 5.16. The van der Waals surface area contributed by atoms with Crippen LogP contribution in [0.25, 0.3) is 0 Å². The highest BCUT2D eigenvalue weighted by molar-refractivity contribution is 6.07. The minimum Gasteiger partial charge on any atom is -0.495 e. The number of aryl methyl sites for hydroxylation is 2. The van der Waals surface area contributed by atoms with Gasteiger partial charge in [-0.1, -0.05) is 11.2 Å². The Balaban J connectivity index is 1.77. The molecule has 0 aliphatic heterocycles. The molecule has 0 atom stereocenters. The molecule has 0 bridgehead atoms. The molecule has 2 N–H and O–H groups in total. The van der Waals surface area contributed by atoms with Gasteiger partial charge in [-0.3, -0.25) is 14.6 Å². The third-order valence-corrected chi connectivity index (χ3v) is 3.73. The van der Waals surface area contributed by atoms with E-state index in [1.807, 2.05) is 13.0 Å². The van der Waals surface area contributed by atoms with Crippen LogP contribution in [0, 0.1) is 13.8 Å². The van der Waals surface area contributed by atoms with Crippen LogP contribution in [-0.2, 0) is 0 Å². The van der Waals surface area contributed by atoms with Crippen LogP contribution in [0.15, 0.2) is 47.1 Å². The van der Waals surface area contributed by atoms with Gasteiger partial charge < -0.3 is 19.9 Å². The number of aromatic nitrogens is 2. The van der Waals surface area contributed by atoms with Gasteiger partial charge in [-0.2, -0.15) is 0 Å². The average Bonchev–Trinajstić information content (AvgIpc) is 3.06. The van der Waals surface area contributed by atoms with Crippen molar-refractivity contribution in [3.63, 3.8) is 0 Å². The smallest absolute Gasteiger partial charge is 0.274 e. The van der Waals surface area contributed by atoms with E-state index in [1.54, 1.807) is 25.1 Å². The Morgan fingerprint density at radius 1 is 1.04 bits per heavy atom. The second kappa shape index (κ2) is 7.69. The molecule has 8 nitrogen and oxygen atoms in total. The molecule has 1 aromatic carbocycles. The van der Waals surface area contributed by atoms with Gasteiger partial charge in [0.05, 0.1) is 12.8 Å². The number of amides is 2. The molecular weight excluding hydrogens is 348 g/mol. The first-order valence-corrected chi connectivity index (χ1v) is 8.13. The van der Waals surface area contributed by atoms with Crippen molar-refractivity contribution < 1.29 is 18.8 Å². The van der Waals surface area contributed by atoms with E-state index in [2.05, 4.69) is 20.8 Å². The van der Waals surface area contributed by atoms with Gasteiger partial charge in [-0.05, 0) is 43.7 Å². The molecule has 2 heterocycles. The first-order valence-electron chi connectivity index (χ1n) is 8.13. The molecule has 0 aliphatic rings. The van der Waals surface area contributed by atoms with Crippen LogP contribution in [0.2, 0.25) is 0 Å². The number of ether oxygens (including phenoxy) is 1. The molecule has 0 saturated carbocycles. The molecule has 0 fully saturated rings. The highest BCUT2D eigenvalue weighted by Gasteiger charge is 2.15. The third kappa shape index (κ3) is 4.30. The molecule has 0 spiro atoms. The van der Waals surface area contributed by atoms with Crippen molar-refractivity contribution in [2.75, 3.05) is 17.7 Å². The van der Waals surface area contributed by atoms with Crippen LogP contribution >= 0.6 is 0 Å². The zero-order chi connectivity index (χ0) is 19.4. The van der Waals surface area contributed by atoms with Gasteiger partial charge in [0, 0.05) is 17.8 Å². The standard InChI is InChI=1S/C19H18N4O4/c1-11-4-5-16(26-3)14(8-11)21-19(25)15-10-13(6-7-20-15)18(24)22-17-9-12(2)27-23-17/h4-10H,1-3H3,(H,21,25)(H,22,23,24). The van der Waals surface area contributed by atoms with Crippen molar-refractivity contribution in [3.05, 3.63) is 65.2 Å². The molecule has 27 heavy (non-hydrogen) atoms. The number of methoxy groups -OCH3 is 1. The maximum absolute atomic E-state index is 12.5. The Labute approximate surface area is 155 Å². The van der Waals surface area contributed by atoms with Crippen LogP contribution in [0.3, 0.4) is 0 Å². The molecule has 2 amide bonds. The quantitative estimate of drug-likeness (QED) is 0.718. The van der Waals surface area contributed by atoms with E-state index in [4.69, 9.17) is 9.26 Å². The van der Waals surface area contributed by atoms with E-state index in [9.17, 15) is 9.59 Å². The Morgan fingerprint density at radius 2 is 1.85 bits per heavy atom. The molecular formula is C19H18N4O4. The summed E-state index contributed by atoms with van der Waals surface area (Å²) >= 11 is 0. The summed E-state index contributed by atoms with van der Waals surface area (Å²) in [6, 6.07) is 9.94. The number of rotatable bonds is 5. The monoisotopic (exact) mass is 366 g/mol. The zero-order valence-corrected chi connectivity index (χ0v) is 15.1. The van der Waals surface area contributed by atoms with Crippen molar-refractivity contribution in [2.45, 2.75) is 13.8 Å². The fraction of sp³-hybridized carbons (Fsp3) is 0.158. The number of carbonyl (C=O) groups is 2. The Morgan fingerprint density at radius 3 is 2.56 bits per heavy atom. The molecule has 2 aromatic heterocycles. The number of pyridine rings is 1. The van der Waals surface area contributed by atoms with Crippen LogP contribution < -0.4 is 15.4 Å². The Hall–Kier alpha value is -3.68. The van der Waals surface area contributed by atoms with Gasteiger partial charge in [-0.15, -0.1) is 0 Å². The highest BCUT2D eigenvalue weighted by atomic mass is 16.5. The van der Waals surface area contributed by atoms with Crippen molar-refractivity contribution in [1.82, 2.24) is 10.1 Å². The topological polar surface area (TPSA) is 106 Å². The molecule has 0 unspecified atom stereocenters. The van der Waals surface area contributed by atoms with Crippen molar-refractivity contribution >= 4 is 23.3 Å². The maximum atomic E-state index is 12.5. The van der Waals surface area contributed by atoms with Crippen molar-refractivity contribution in [3.8, 4) is 5.75 Å². The normalized spacial score (nSPS) is 10.3. The van der Waals surface area contributed by atoms with Crippen LogP contribution in [0.1, 0.15) is 32.2 Å². The Bertz CT molecular complexity index is 997. The van der Waals surface area contributed by atoms with E-state index in [-0.39, 0.29) is 11.3 Å². The lowest BCUT2D eigenvalue weighted by Gasteiger charge is -2.11. The van der Waals surface area contributed by atoms with Gasteiger partial charge in [0.25, 0.3) is 11.8 Å². The zero-order valence-electron chi connectivity index (χ0n) is 15.1. The van der Waals surface area contributed by atoms with E-state index in [0.29, 0.717) is 23.0 Å². The van der Waals surface area contributed by atoms with Gasteiger partial charge in [0.2, 0.25) is 0 Å². The largest absolute Gasteiger partial charge is 0.495 e. The summed E-state index contributed by atoms with van der Waals surface area (Å²) in [4.78, 5) is 28.9. The molecule has 138 valence electrons. The summed E-state index contributed by atoms with van der Waals surface area (Å²) in [7, 11) is 1.52. The first kappa shape index (κ1) is 18.1. The summed E-state index contributed by atoms with van der Waals surface area (Å²) in [5.41, 5.74) is 1.86. The molecule has 3 aromatic rings. The fourth-order valence-corrected chi connectivity index (χ4v) is 2.42. The van der Waals surface area contributed by atoms with Gasteiger partial charge in [-0.25, -0.2) is 0 Å². The highest BCUT2D eigenvalue weighted by Crippen LogP contribution is 2.25. The van der Waals surface area contributed by atoms with Crippen LogP contribution in [0.5, 0.6) is 5.75 Å². The van der Waals surface area contributed by atoms with Gasteiger partial charge in [0.1, 0.15) is 17.2 Å².